The van der Waals surface area contributed by atoms with Gasteiger partial charge in [0.2, 0.25) is 11.8 Å². The lowest BCUT2D eigenvalue weighted by Gasteiger charge is -2.16. The maximum atomic E-state index is 12.5. The van der Waals surface area contributed by atoms with Crippen LogP contribution in [-0.4, -0.2) is 50.8 Å². The smallest absolute Gasteiger partial charge is 0.243 e. The van der Waals surface area contributed by atoms with Gasteiger partial charge in [-0.05, 0) is 55.3 Å². The van der Waals surface area contributed by atoms with Gasteiger partial charge in [-0.1, -0.05) is 29.8 Å². The highest BCUT2D eigenvalue weighted by Gasteiger charge is 2.16. The van der Waals surface area contributed by atoms with Crippen molar-refractivity contribution in [1.29, 1.82) is 0 Å². The minimum Gasteiger partial charge on any atom is -0.336 e. The maximum Gasteiger partial charge on any atom is 0.243 e. The Bertz CT molecular complexity index is 1150. The van der Waals surface area contributed by atoms with Crippen molar-refractivity contribution >= 4 is 29.3 Å². The third-order valence-electron chi connectivity index (χ3n) is 4.73. The minimum atomic E-state index is -0.298. The van der Waals surface area contributed by atoms with E-state index in [1.165, 1.54) is 22.2 Å². The summed E-state index contributed by atoms with van der Waals surface area (Å²) >= 11 is 1.28. The molecule has 0 aliphatic heterocycles. The lowest BCUT2D eigenvalue weighted by Crippen LogP contribution is -2.36. The Morgan fingerprint density at radius 1 is 1.19 bits per heavy atom. The van der Waals surface area contributed by atoms with E-state index in [0.717, 1.165) is 11.3 Å². The van der Waals surface area contributed by atoms with Gasteiger partial charge in [-0.15, -0.1) is 16.6 Å². The van der Waals surface area contributed by atoms with Crippen molar-refractivity contribution in [2.45, 2.75) is 19.0 Å². The summed E-state index contributed by atoms with van der Waals surface area (Å²) < 4.78 is 1.84. The standard InChI is InChI=1S/C23H23N5O2S/c1-5-18-7-6-8-19(12-18)25-21(29)13-27(4)22(30)14-31-23-26-24-15-28(23)20-10-9-16(2)17(3)11-20/h1,6-12,15H,13-14H2,2-4H3,(H,25,29). The molecule has 2 amide bonds. The van der Waals surface area contributed by atoms with Crippen molar-refractivity contribution in [2.24, 2.45) is 0 Å². The van der Waals surface area contributed by atoms with Crippen LogP contribution in [0.2, 0.25) is 0 Å². The predicted octanol–water partition coefficient (Wildman–Crippen LogP) is 3.05. The van der Waals surface area contributed by atoms with E-state index in [1.807, 2.05) is 23.6 Å². The molecule has 0 saturated carbocycles. The Kier molecular flexibility index (Phi) is 7.11. The number of anilines is 1. The number of rotatable bonds is 7. The van der Waals surface area contributed by atoms with E-state index in [9.17, 15) is 9.59 Å². The normalized spacial score (nSPS) is 10.4. The van der Waals surface area contributed by atoms with E-state index >= 15 is 0 Å². The van der Waals surface area contributed by atoms with Crippen molar-refractivity contribution in [3.05, 3.63) is 65.5 Å². The molecular weight excluding hydrogens is 410 g/mol. The summed E-state index contributed by atoms with van der Waals surface area (Å²) in [5.41, 5.74) is 4.57. The van der Waals surface area contributed by atoms with E-state index in [4.69, 9.17) is 6.42 Å². The fourth-order valence-electron chi connectivity index (χ4n) is 2.80. The largest absolute Gasteiger partial charge is 0.336 e. The Labute approximate surface area is 185 Å². The Morgan fingerprint density at radius 2 is 2.00 bits per heavy atom. The zero-order valence-electron chi connectivity index (χ0n) is 17.6. The second-order valence-electron chi connectivity index (χ2n) is 7.06. The molecule has 3 aromatic rings. The van der Waals surface area contributed by atoms with Crippen LogP contribution in [0, 0.1) is 26.2 Å². The van der Waals surface area contributed by atoms with Crippen LogP contribution in [-0.2, 0) is 9.59 Å². The van der Waals surface area contributed by atoms with Crippen molar-refractivity contribution in [1.82, 2.24) is 19.7 Å². The zero-order chi connectivity index (χ0) is 22.4. The summed E-state index contributed by atoms with van der Waals surface area (Å²) in [4.78, 5) is 26.2. The highest BCUT2D eigenvalue weighted by molar-refractivity contribution is 7.99. The van der Waals surface area contributed by atoms with Crippen molar-refractivity contribution in [3.63, 3.8) is 0 Å². The van der Waals surface area contributed by atoms with Gasteiger partial charge in [0.25, 0.3) is 0 Å². The first-order chi connectivity index (χ1) is 14.9. The Morgan fingerprint density at radius 3 is 2.74 bits per heavy atom. The summed E-state index contributed by atoms with van der Waals surface area (Å²) in [6, 6.07) is 13.1. The fraction of sp³-hybridized carbons (Fsp3) is 0.217. The molecular formula is C23H23N5O2S. The molecule has 0 atom stereocenters. The molecule has 1 heterocycles. The molecule has 0 spiro atoms. The molecule has 0 radical (unpaired) electrons. The highest BCUT2D eigenvalue weighted by atomic mass is 32.2. The molecule has 158 valence electrons. The second-order valence-corrected chi connectivity index (χ2v) is 8.01. The molecule has 0 bridgehead atoms. The number of nitrogens with zero attached hydrogens (tertiary/aromatic N) is 4. The van der Waals surface area contributed by atoms with Crippen molar-refractivity contribution in [2.75, 3.05) is 24.7 Å². The molecule has 1 N–H and O–H groups in total. The molecule has 0 saturated heterocycles. The molecule has 0 aliphatic carbocycles. The number of benzene rings is 2. The van der Waals surface area contributed by atoms with Crippen LogP contribution in [0.1, 0.15) is 16.7 Å². The number of hydrogen-bond donors (Lipinski definition) is 1. The molecule has 8 heteroatoms. The van der Waals surface area contributed by atoms with Crippen LogP contribution in [0.15, 0.2) is 53.9 Å². The number of aromatic nitrogens is 3. The van der Waals surface area contributed by atoms with E-state index < -0.39 is 0 Å². The van der Waals surface area contributed by atoms with E-state index in [-0.39, 0.29) is 24.1 Å². The lowest BCUT2D eigenvalue weighted by molar-refractivity contribution is -0.131. The van der Waals surface area contributed by atoms with Crippen molar-refractivity contribution < 1.29 is 9.59 Å². The predicted molar refractivity (Wildman–Crippen MR) is 122 cm³/mol. The van der Waals surface area contributed by atoms with E-state index in [0.29, 0.717) is 16.4 Å². The number of hydrogen-bond acceptors (Lipinski definition) is 5. The molecule has 7 nitrogen and oxygen atoms in total. The molecule has 0 aliphatic rings. The molecule has 31 heavy (non-hydrogen) atoms. The van der Waals surface area contributed by atoms with E-state index in [1.54, 1.807) is 37.6 Å². The number of nitrogens with one attached hydrogen (secondary N) is 1. The average molecular weight is 434 g/mol. The molecule has 2 aromatic carbocycles. The number of terminal acetylenes is 1. The lowest BCUT2D eigenvalue weighted by atomic mass is 10.1. The summed E-state index contributed by atoms with van der Waals surface area (Å²) in [5, 5.41) is 11.5. The van der Waals surface area contributed by atoms with Gasteiger partial charge in [-0.25, -0.2) is 0 Å². The van der Waals surface area contributed by atoms with Gasteiger partial charge in [-0.3, -0.25) is 14.2 Å². The van der Waals surface area contributed by atoms with Crippen LogP contribution in [0.25, 0.3) is 5.69 Å². The van der Waals surface area contributed by atoms with Gasteiger partial charge in [0.15, 0.2) is 5.16 Å². The Hall–Kier alpha value is -3.57. The number of carbonyl (C=O) groups is 2. The maximum absolute atomic E-state index is 12.5. The summed E-state index contributed by atoms with van der Waals surface area (Å²) in [6.07, 6.45) is 7.00. The number of likely N-dealkylation sites (N-methyl/N-ethyl adjacent to an activating group) is 1. The number of thioether (sulfide) groups is 1. The van der Waals surface area contributed by atoms with Gasteiger partial charge in [0, 0.05) is 24.0 Å². The van der Waals surface area contributed by atoms with Crippen molar-refractivity contribution in [3.8, 4) is 18.0 Å². The number of aryl methyl sites for hydroxylation is 2. The summed E-state index contributed by atoms with van der Waals surface area (Å²) in [5.74, 6) is 2.17. The monoisotopic (exact) mass is 433 g/mol. The van der Waals surface area contributed by atoms with Gasteiger partial charge in [-0.2, -0.15) is 0 Å². The second kappa shape index (κ2) is 9.96. The van der Waals surface area contributed by atoms with Crippen LogP contribution in [0.5, 0.6) is 0 Å². The summed E-state index contributed by atoms with van der Waals surface area (Å²) in [7, 11) is 1.59. The quantitative estimate of drug-likeness (QED) is 0.458. The minimum absolute atomic E-state index is 0.0660. The Balaban J connectivity index is 1.56. The third-order valence-corrected chi connectivity index (χ3v) is 5.66. The summed E-state index contributed by atoms with van der Waals surface area (Å²) in [6.45, 7) is 4.03. The first-order valence-electron chi connectivity index (χ1n) is 9.58. The first kappa shape index (κ1) is 22.1. The molecule has 3 rings (SSSR count). The third kappa shape index (κ3) is 5.74. The first-order valence-corrected chi connectivity index (χ1v) is 10.6. The van der Waals surface area contributed by atoms with Crippen LogP contribution >= 0.6 is 11.8 Å². The van der Waals surface area contributed by atoms with Gasteiger partial charge < -0.3 is 10.2 Å². The fourth-order valence-corrected chi connectivity index (χ4v) is 3.67. The molecule has 0 fully saturated rings. The molecule has 1 aromatic heterocycles. The molecule has 0 unspecified atom stereocenters. The van der Waals surface area contributed by atoms with E-state index in [2.05, 4.69) is 34.4 Å². The highest BCUT2D eigenvalue weighted by Crippen LogP contribution is 2.21. The number of carbonyl (C=O) groups excluding carboxylic acids is 2. The van der Waals surface area contributed by atoms with Crippen LogP contribution < -0.4 is 5.32 Å². The van der Waals surface area contributed by atoms with Crippen LogP contribution in [0.3, 0.4) is 0 Å². The van der Waals surface area contributed by atoms with Gasteiger partial charge >= 0.3 is 0 Å². The SMILES string of the molecule is C#Cc1cccc(NC(=O)CN(C)C(=O)CSc2nncn2-c2ccc(C)c(C)c2)c1. The van der Waals surface area contributed by atoms with Gasteiger partial charge in [0.1, 0.15) is 6.33 Å². The zero-order valence-corrected chi connectivity index (χ0v) is 18.4. The number of amides is 2. The average Bonchev–Trinajstić information content (AvgIpc) is 3.22. The van der Waals surface area contributed by atoms with Gasteiger partial charge in [0.05, 0.1) is 12.3 Å². The topological polar surface area (TPSA) is 80.1 Å². The van der Waals surface area contributed by atoms with Crippen LogP contribution in [0.4, 0.5) is 5.69 Å².